The minimum absolute atomic E-state index is 0.103. The van der Waals surface area contributed by atoms with Crippen molar-refractivity contribution < 1.29 is 17.9 Å². The van der Waals surface area contributed by atoms with Crippen LogP contribution >= 0.6 is 0 Å². The molecule has 1 aromatic heterocycles. The summed E-state index contributed by atoms with van der Waals surface area (Å²) in [5.41, 5.74) is 1.94. The number of carbonyl (C=O) groups is 1. The third kappa shape index (κ3) is 3.89. The Morgan fingerprint density at radius 3 is 2.67 bits per heavy atom. The summed E-state index contributed by atoms with van der Waals surface area (Å²) in [6, 6.07) is 8.57. The summed E-state index contributed by atoms with van der Waals surface area (Å²) >= 11 is 0. The van der Waals surface area contributed by atoms with Crippen molar-refractivity contribution in [2.24, 2.45) is 5.92 Å². The maximum atomic E-state index is 13.2. The Hall–Kier alpha value is -2.25. The van der Waals surface area contributed by atoms with Crippen LogP contribution in [0.25, 0.3) is 0 Å². The molecular formula is C20H24N2O4S. The van der Waals surface area contributed by atoms with E-state index in [1.807, 2.05) is 13.0 Å². The number of ketones is 1. The molecule has 7 heteroatoms. The Kier molecular flexibility index (Phi) is 5.62. The number of hydrogen-bond acceptors (Lipinski definition) is 5. The maximum Gasteiger partial charge on any atom is 0.243 e. The van der Waals surface area contributed by atoms with Crippen LogP contribution in [0, 0.1) is 19.8 Å². The molecule has 1 unspecified atom stereocenters. The first kappa shape index (κ1) is 19.5. The van der Waals surface area contributed by atoms with Gasteiger partial charge in [-0.1, -0.05) is 12.1 Å². The molecule has 0 radical (unpaired) electrons. The van der Waals surface area contributed by atoms with Crippen molar-refractivity contribution in [3.8, 4) is 5.75 Å². The Labute approximate surface area is 160 Å². The van der Waals surface area contributed by atoms with E-state index < -0.39 is 10.0 Å². The summed E-state index contributed by atoms with van der Waals surface area (Å²) in [5.74, 6) is 0.0575. The van der Waals surface area contributed by atoms with Gasteiger partial charge in [0.25, 0.3) is 0 Å². The first-order chi connectivity index (χ1) is 12.8. The zero-order chi connectivity index (χ0) is 19.6. The number of benzene rings is 1. The highest BCUT2D eigenvalue weighted by atomic mass is 32.2. The average Bonchev–Trinajstić information content (AvgIpc) is 2.68. The summed E-state index contributed by atoms with van der Waals surface area (Å²) in [5, 5.41) is 0. The number of aryl methyl sites for hydroxylation is 2. The van der Waals surface area contributed by atoms with Crippen molar-refractivity contribution in [3.63, 3.8) is 0 Å². The van der Waals surface area contributed by atoms with Crippen molar-refractivity contribution in [1.29, 1.82) is 0 Å². The van der Waals surface area contributed by atoms with Gasteiger partial charge >= 0.3 is 0 Å². The van der Waals surface area contributed by atoms with Crippen LogP contribution in [-0.2, 0) is 10.0 Å². The van der Waals surface area contributed by atoms with Crippen LogP contribution in [-0.4, -0.2) is 43.7 Å². The SMILES string of the molecule is COc1cc(S(=O)(=O)N2CCCC(C(=O)c3ccccn3)C2)c(C)cc1C. The van der Waals surface area contributed by atoms with Gasteiger partial charge in [0.15, 0.2) is 5.78 Å². The van der Waals surface area contributed by atoms with E-state index >= 15 is 0 Å². The monoisotopic (exact) mass is 388 g/mol. The van der Waals surface area contributed by atoms with Crippen LogP contribution in [0.2, 0.25) is 0 Å². The minimum Gasteiger partial charge on any atom is -0.496 e. The first-order valence-electron chi connectivity index (χ1n) is 8.95. The molecular weight excluding hydrogens is 364 g/mol. The van der Waals surface area contributed by atoms with E-state index in [1.165, 1.54) is 11.4 Å². The fourth-order valence-electron chi connectivity index (χ4n) is 3.54. The van der Waals surface area contributed by atoms with E-state index in [4.69, 9.17) is 4.74 Å². The van der Waals surface area contributed by atoms with Gasteiger partial charge in [0.2, 0.25) is 10.0 Å². The van der Waals surface area contributed by atoms with Crippen molar-refractivity contribution in [3.05, 3.63) is 53.3 Å². The second-order valence-electron chi connectivity index (χ2n) is 6.87. The van der Waals surface area contributed by atoms with Gasteiger partial charge in [0.05, 0.1) is 12.0 Å². The molecule has 27 heavy (non-hydrogen) atoms. The molecule has 3 rings (SSSR count). The molecule has 1 aliphatic rings. The first-order valence-corrected chi connectivity index (χ1v) is 10.4. The van der Waals surface area contributed by atoms with E-state index in [0.29, 0.717) is 36.4 Å². The Morgan fingerprint density at radius 1 is 1.22 bits per heavy atom. The van der Waals surface area contributed by atoms with Crippen LogP contribution in [0.3, 0.4) is 0 Å². The standard InChI is InChI=1S/C20H24N2O4S/c1-14-11-15(2)19(12-18(14)26-3)27(24,25)22-10-6-7-16(13-22)20(23)17-8-4-5-9-21-17/h4-5,8-9,11-12,16H,6-7,10,13H2,1-3H3. The highest BCUT2D eigenvalue weighted by molar-refractivity contribution is 7.89. The molecule has 1 fully saturated rings. The van der Waals surface area contributed by atoms with E-state index in [-0.39, 0.29) is 23.1 Å². The van der Waals surface area contributed by atoms with Gasteiger partial charge in [0, 0.05) is 31.3 Å². The number of nitrogens with zero attached hydrogens (tertiary/aromatic N) is 2. The van der Waals surface area contributed by atoms with E-state index in [9.17, 15) is 13.2 Å². The normalized spacial score (nSPS) is 18.3. The highest BCUT2D eigenvalue weighted by Crippen LogP contribution is 2.31. The fourth-order valence-corrected chi connectivity index (χ4v) is 5.29. The van der Waals surface area contributed by atoms with Crippen LogP contribution in [0.1, 0.15) is 34.5 Å². The van der Waals surface area contributed by atoms with E-state index in [0.717, 1.165) is 5.56 Å². The number of aromatic nitrogens is 1. The van der Waals surface area contributed by atoms with Gasteiger partial charge in [-0.25, -0.2) is 8.42 Å². The molecule has 6 nitrogen and oxygen atoms in total. The summed E-state index contributed by atoms with van der Waals surface area (Å²) in [6.45, 7) is 4.24. The van der Waals surface area contributed by atoms with Gasteiger partial charge in [-0.2, -0.15) is 4.31 Å². The lowest BCUT2D eigenvalue weighted by atomic mass is 9.93. The lowest BCUT2D eigenvalue weighted by Gasteiger charge is -2.31. The summed E-state index contributed by atoms with van der Waals surface area (Å²) in [7, 11) is -2.19. The smallest absolute Gasteiger partial charge is 0.243 e. The molecule has 1 atom stereocenters. The van der Waals surface area contributed by atoms with Gasteiger partial charge in [-0.3, -0.25) is 9.78 Å². The number of sulfonamides is 1. The maximum absolute atomic E-state index is 13.2. The molecule has 2 heterocycles. The number of Topliss-reactive ketones (excluding diaryl/α,β-unsaturated/α-hetero) is 1. The molecule has 144 valence electrons. The molecule has 0 bridgehead atoms. The Balaban J connectivity index is 1.88. The van der Waals surface area contributed by atoms with Crippen molar-refractivity contribution >= 4 is 15.8 Å². The van der Waals surface area contributed by atoms with Gasteiger partial charge in [-0.15, -0.1) is 0 Å². The van der Waals surface area contributed by atoms with Gasteiger partial charge in [0.1, 0.15) is 11.4 Å². The van der Waals surface area contributed by atoms with Crippen LogP contribution < -0.4 is 4.74 Å². The zero-order valence-electron chi connectivity index (χ0n) is 15.8. The van der Waals surface area contributed by atoms with Gasteiger partial charge < -0.3 is 4.74 Å². The van der Waals surface area contributed by atoms with Crippen molar-refractivity contribution in [2.75, 3.05) is 20.2 Å². The van der Waals surface area contributed by atoms with Crippen LogP contribution in [0.5, 0.6) is 5.75 Å². The van der Waals surface area contributed by atoms with Crippen molar-refractivity contribution in [2.45, 2.75) is 31.6 Å². The summed E-state index contributed by atoms with van der Waals surface area (Å²) < 4.78 is 33.2. The zero-order valence-corrected chi connectivity index (χ0v) is 16.6. The molecule has 0 aliphatic carbocycles. The molecule has 1 aromatic carbocycles. The topological polar surface area (TPSA) is 76.6 Å². The summed E-state index contributed by atoms with van der Waals surface area (Å²) in [4.78, 5) is 17.1. The third-order valence-electron chi connectivity index (χ3n) is 4.98. The number of carbonyl (C=O) groups excluding carboxylic acids is 1. The number of piperidine rings is 1. The molecule has 1 saturated heterocycles. The number of pyridine rings is 1. The largest absolute Gasteiger partial charge is 0.496 e. The molecule has 1 aliphatic heterocycles. The van der Waals surface area contributed by atoms with E-state index in [2.05, 4.69) is 4.98 Å². The number of ether oxygens (including phenoxy) is 1. The fraction of sp³-hybridized carbons (Fsp3) is 0.400. The number of hydrogen-bond donors (Lipinski definition) is 0. The van der Waals surface area contributed by atoms with Gasteiger partial charge in [-0.05, 0) is 49.9 Å². The highest BCUT2D eigenvalue weighted by Gasteiger charge is 2.35. The van der Waals surface area contributed by atoms with Crippen molar-refractivity contribution in [1.82, 2.24) is 9.29 Å². The lowest BCUT2D eigenvalue weighted by Crippen LogP contribution is -2.42. The predicted octanol–water partition coefficient (Wildman–Crippen LogP) is 2.99. The molecule has 2 aromatic rings. The summed E-state index contributed by atoms with van der Waals surface area (Å²) in [6.07, 6.45) is 2.88. The average molecular weight is 388 g/mol. The number of rotatable bonds is 5. The van der Waals surface area contributed by atoms with Crippen LogP contribution in [0.15, 0.2) is 41.4 Å². The Morgan fingerprint density at radius 2 is 2.00 bits per heavy atom. The second kappa shape index (κ2) is 7.78. The lowest BCUT2D eigenvalue weighted by molar-refractivity contribution is 0.0867. The number of methoxy groups -OCH3 is 1. The molecule has 0 amide bonds. The molecule has 0 N–H and O–H groups in total. The molecule has 0 saturated carbocycles. The Bertz CT molecular complexity index is 942. The minimum atomic E-state index is -3.71. The predicted molar refractivity (Wildman–Crippen MR) is 103 cm³/mol. The third-order valence-corrected chi connectivity index (χ3v) is 6.99. The van der Waals surface area contributed by atoms with Crippen LogP contribution in [0.4, 0.5) is 0 Å². The molecule has 0 spiro atoms. The quantitative estimate of drug-likeness (QED) is 0.736. The van der Waals surface area contributed by atoms with E-state index in [1.54, 1.807) is 37.4 Å². The second-order valence-corrected chi connectivity index (χ2v) is 8.78.